The number of aryl methyl sites for hydroxylation is 2. The number of nitrogens with two attached hydrogens (primary N) is 1. The molecule has 0 aliphatic rings. The van der Waals surface area contributed by atoms with Crippen LogP contribution in [0.2, 0.25) is 0 Å². The van der Waals surface area contributed by atoms with Crippen LogP contribution in [0.15, 0.2) is 16.4 Å². The Morgan fingerprint density at radius 2 is 1.68 bits per heavy atom. The molecule has 0 aliphatic carbocycles. The first-order valence-corrected chi connectivity index (χ1v) is 5.50. The maximum absolute atomic E-state index is 5.52. The molecule has 0 saturated carbocycles. The van der Waals surface area contributed by atoms with Crippen LogP contribution in [-0.4, -0.2) is 31.7 Å². The molecule has 0 saturated heterocycles. The molecule has 2 aromatic rings. The van der Waals surface area contributed by atoms with Crippen molar-refractivity contribution < 1.29 is 65.4 Å². The van der Waals surface area contributed by atoms with Gasteiger partial charge in [-0.15, -0.1) is 6.20 Å². The van der Waals surface area contributed by atoms with E-state index in [9.17, 15) is 0 Å². The normalized spacial score (nSPS) is 9.45. The molecule has 7 nitrogen and oxygen atoms in total. The van der Waals surface area contributed by atoms with Gasteiger partial charge >= 0.3 is 0 Å². The Bertz CT molecular complexity index is 573. The monoisotopic (exact) mass is 451 g/mol. The van der Waals surface area contributed by atoms with E-state index in [2.05, 4.69) is 45.3 Å². The van der Waals surface area contributed by atoms with Gasteiger partial charge in [0.25, 0.3) is 0 Å². The molecular weight excluding hydrogens is 432 g/mol. The minimum absolute atomic E-state index is 0. The van der Waals surface area contributed by atoms with Gasteiger partial charge in [-0.3, -0.25) is 0 Å². The molecule has 2 aromatic heterocycles. The van der Waals surface area contributed by atoms with Gasteiger partial charge < -0.3 is 47.7 Å². The van der Waals surface area contributed by atoms with Crippen molar-refractivity contribution in [1.82, 2.24) is 19.3 Å². The van der Waals surface area contributed by atoms with Gasteiger partial charge in [0.15, 0.2) is 0 Å². The third-order valence-corrected chi connectivity index (χ3v) is 1.96. The van der Waals surface area contributed by atoms with Gasteiger partial charge in [-0.05, 0) is 5.82 Å². The van der Waals surface area contributed by atoms with Gasteiger partial charge in [-0.2, -0.15) is 13.8 Å². The molecular formula is C13H19N7Y2-4. The Kier molecular flexibility index (Phi) is 17.4. The van der Waals surface area contributed by atoms with Crippen LogP contribution in [0.4, 0.5) is 5.82 Å². The van der Waals surface area contributed by atoms with Crippen LogP contribution in [0.5, 0.6) is 0 Å². The summed E-state index contributed by atoms with van der Waals surface area (Å²) in [5.74, 6) is 0.509. The molecule has 0 aliphatic heterocycles. The molecule has 116 valence electrons. The van der Waals surface area contributed by atoms with Crippen LogP contribution in [0.3, 0.4) is 0 Å². The molecule has 0 amide bonds. The smallest absolute Gasteiger partial charge is 0.0222 e. The summed E-state index contributed by atoms with van der Waals surface area (Å²) >= 11 is 0. The molecule has 2 heterocycles. The van der Waals surface area contributed by atoms with E-state index >= 15 is 0 Å². The Labute approximate surface area is 182 Å². The van der Waals surface area contributed by atoms with E-state index in [-0.39, 0.29) is 72.8 Å². The first-order valence-electron chi connectivity index (χ1n) is 5.50. The molecule has 2 radical (unpaired) electrons. The van der Waals surface area contributed by atoms with Crippen molar-refractivity contribution in [3.05, 3.63) is 30.2 Å². The second-order valence-corrected chi connectivity index (χ2v) is 3.47. The van der Waals surface area contributed by atoms with Gasteiger partial charge in [0, 0.05) is 78.1 Å². The first kappa shape index (κ1) is 26.7. The zero-order chi connectivity index (χ0) is 14.3. The maximum atomic E-state index is 5.52. The number of nitrogens with zero attached hydrogens (tertiary/aromatic N) is 6. The Balaban J connectivity index is -0.000000290. The number of nitrogen functional groups attached to an aromatic ring is 1. The zero-order valence-electron chi connectivity index (χ0n) is 12.5. The predicted molar refractivity (Wildman–Crippen MR) is 79.8 cm³/mol. The molecule has 0 fully saturated rings. The van der Waals surface area contributed by atoms with E-state index in [4.69, 9.17) is 5.73 Å². The number of imidazole rings is 2. The van der Waals surface area contributed by atoms with Gasteiger partial charge in [0.1, 0.15) is 0 Å². The van der Waals surface area contributed by atoms with Gasteiger partial charge in [-0.1, -0.05) is 32.7 Å². The van der Waals surface area contributed by atoms with E-state index in [1.165, 1.54) is 9.35 Å². The summed E-state index contributed by atoms with van der Waals surface area (Å²) in [6.07, 6.45) is 12.2. The SMILES string of the molecule is C.C[C-]=Nn1[c-]nc(C)c1.C[C-]=Nn1[c-]nc(C)c1N.[Y].[Y]. The van der Waals surface area contributed by atoms with E-state index < -0.39 is 0 Å². The Morgan fingerprint density at radius 1 is 1.09 bits per heavy atom. The van der Waals surface area contributed by atoms with Crippen LogP contribution < -0.4 is 5.73 Å². The largest absolute Gasteiger partial charge is 0.443 e. The van der Waals surface area contributed by atoms with Crippen molar-refractivity contribution in [3.63, 3.8) is 0 Å². The zero-order valence-corrected chi connectivity index (χ0v) is 18.2. The van der Waals surface area contributed by atoms with Crippen LogP contribution in [0.1, 0.15) is 32.7 Å². The summed E-state index contributed by atoms with van der Waals surface area (Å²) in [7, 11) is 0. The summed E-state index contributed by atoms with van der Waals surface area (Å²) in [6, 6.07) is 0. The van der Waals surface area contributed by atoms with E-state index in [1.54, 1.807) is 27.0 Å². The van der Waals surface area contributed by atoms with Crippen molar-refractivity contribution in [2.45, 2.75) is 35.1 Å². The molecule has 2 N–H and O–H groups in total. The number of aromatic nitrogens is 4. The van der Waals surface area contributed by atoms with Crippen molar-refractivity contribution in [1.29, 1.82) is 0 Å². The molecule has 0 unspecified atom stereocenters. The second kappa shape index (κ2) is 14.4. The molecule has 22 heavy (non-hydrogen) atoms. The summed E-state index contributed by atoms with van der Waals surface area (Å²) in [4.78, 5) is 7.65. The summed E-state index contributed by atoms with van der Waals surface area (Å²) in [5, 5.41) is 7.53. The minimum atomic E-state index is 0. The molecule has 0 aromatic carbocycles. The fourth-order valence-electron chi connectivity index (χ4n) is 1.09. The summed E-state index contributed by atoms with van der Waals surface area (Å²) in [6.45, 7) is 7.09. The van der Waals surface area contributed by atoms with E-state index in [0.717, 1.165) is 11.4 Å². The Morgan fingerprint density at radius 3 is 2.05 bits per heavy atom. The standard InChI is InChI=1S/C6H8N4.C6H7N3.CH4.2Y/c1-3-9-10-4-8-5(2)6(10)7;1-3-8-9-4-6(2)7-5-9;;;/h7H2,1-2H3;4H,1-2H3;1H4;;/q2*-2;;;. The summed E-state index contributed by atoms with van der Waals surface area (Å²) < 4.78 is 2.85. The van der Waals surface area contributed by atoms with E-state index in [1.807, 2.05) is 6.92 Å². The fraction of sp³-hybridized carbons (Fsp3) is 0.385. The molecule has 0 spiro atoms. The Hall–Kier alpha value is -0.232. The predicted octanol–water partition coefficient (Wildman–Crippen LogP) is 1.66. The number of rotatable bonds is 2. The first-order chi connectivity index (χ1) is 9.08. The average Bonchev–Trinajstić information content (AvgIpc) is 2.92. The van der Waals surface area contributed by atoms with Gasteiger partial charge in [-0.25, -0.2) is 0 Å². The second-order valence-electron chi connectivity index (χ2n) is 3.47. The van der Waals surface area contributed by atoms with Crippen molar-refractivity contribution in [2.24, 2.45) is 10.2 Å². The number of anilines is 1. The van der Waals surface area contributed by atoms with Gasteiger partial charge in [0.2, 0.25) is 0 Å². The van der Waals surface area contributed by atoms with Gasteiger partial charge in [0.05, 0.1) is 0 Å². The molecule has 9 heteroatoms. The van der Waals surface area contributed by atoms with Crippen molar-refractivity contribution in [3.8, 4) is 0 Å². The molecule has 2 rings (SSSR count). The number of hydrogen-bond donors (Lipinski definition) is 1. The number of hydrogen-bond acceptors (Lipinski definition) is 5. The minimum Gasteiger partial charge on any atom is -0.443 e. The summed E-state index contributed by atoms with van der Waals surface area (Å²) in [5.41, 5.74) is 7.17. The van der Waals surface area contributed by atoms with Crippen LogP contribution in [-0.2, 0) is 65.4 Å². The third-order valence-electron chi connectivity index (χ3n) is 1.96. The third kappa shape index (κ3) is 9.03. The fourth-order valence-corrected chi connectivity index (χ4v) is 1.09. The van der Waals surface area contributed by atoms with Crippen molar-refractivity contribution in [2.75, 3.05) is 5.73 Å². The van der Waals surface area contributed by atoms with Crippen LogP contribution in [0, 0.1) is 26.5 Å². The molecule has 0 atom stereocenters. The maximum Gasteiger partial charge on any atom is 0.0222 e. The average molecular weight is 451 g/mol. The van der Waals surface area contributed by atoms with E-state index in [0.29, 0.717) is 5.82 Å². The van der Waals surface area contributed by atoms with Crippen LogP contribution in [0.25, 0.3) is 0 Å². The molecule has 0 bridgehead atoms. The van der Waals surface area contributed by atoms with Crippen molar-refractivity contribution >= 4 is 18.2 Å². The quantitative estimate of drug-likeness (QED) is 0.557. The van der Waals surface area contributed by atoms with Crippen LogP contribution >= 0.6 is 0 Å². The topological polar surface area (TPSA) is 86.4 Å².